The molecule has 0 saturated heterocycles. The topological polar surface area (TPSA) is 235 Å². The molecule has 0 bridgehead atoms. The van der Waals surface area contributed by atoms with E-state index < -0.39 is 54.0 Å². The number of aliphatic hydroxyl groups is 1. The van der Waals surface area contributed by atoms with Gasteiger partial charge in [0.15, 0.2) is 5.96 Å². The number of carbonyl (C=O) groups excluding carboxylic acids is 3. The van der Waals surface area contributed by atoms with E-state index in [1.165, 1.54) is 13.8 Å². The predicted octanol–water partition coefficient (Wildman–Crippen LogP) is -2.65. The van der Waals surface area contributed by atoms with Crippen LogP contribution in [-0.4, -0.2) is 76.7 Å². The van der Waals surface area contributed by atoms with Gasteiger partial charge in [0.25, 0.3) is 0 Å². The van der Waals surface area contributed by atoms with E-state index in [4.69, 9.17) is 17.2 Å². The molecule has 184 valence electrons. The van der Waals surface area contributed by atoms with Gasteiger partial charge in [-0.2, -0.15) is 0 Å². The Kier molecular flexibility index (Phi) is 12.9. The van der Waals surface area contributed by atoms with E-state index in [1.807, 2.05) is 13.8 Å². The highest BCUT2D eigenvalue weighted by molar-refractivity contribution is 5.94. The molecule has 0 aromatic carbocycles. The second-order valence-electron chi connectivity index (χ2n) is 8.04. The van der Waals surface area contributed by atoms with E-state index in [1.54, 1.807) is 0 Å². The molecule has 0 saturated carbocycles. The Morgan fingerprint density at radius 1 is 0.906 bits per heavy atom. The molecule has 13 nitrogen and oxygen atoms in total. The molecule has 0 aromatic rings. The summed E-state index contributed by atoms with van der Waals surface area (Å²) >= 11 is 0. The average molecular weight is 460 g/mol. The van der Waals surface area contributed by atoms with Crippen molar-refractivity contribution in [2.45, 2.75) is 77.2 Å². The van der Waals surface area contributed by atoms with Crippen molar-refractivity contribution >= 4 is 29.7 Å². The molecule has 11 N–H and O–H groups in total. The van der Waals surface area contributed by atoms with E-state index in [2.05, 4.69) is 20.9 Å². The van der Waals surface area contributed by atoms with E-state index >= 15 is 0 Å². The lowest BCUT2D eigenvalue weighted by Crippen LogP contribution is -2.57. The number of nitrogens with one attached hydrogen (secondary N) is 3. The number of carboxylic acid groups (broad SMARTS) is 1. The van der Waals surface area contributed by atoms with Crippen molar-refractivity contribution in [1.82, 2.24) is 16.0 Å². The molecule has 0 heterocycles. The molecule has 0 aliphatic carbocycles. The Labute approximate surface area is 187 Å². The van der Waals surface area contributed by atoms with Gasteiger partial charge >= 0.3 is 5.97 Å². The smallest absolute Gasteiger partial charge is 0.326 e. The molecule has 32 heavy (non-hydrogen) atoms. The molecular weight excluding hydrogens is 422 g/mol. The Hall–Kier alpha value is -2.93. The van der Waals surface area contributed by atoms with Gasteiger partial charge in [0, 0.05) is 6.54 Å². The van der Waals surface area contributed by atoms with Gasteiger partial charge in [0.05, 0.1) is 6.10 Å². The molecule has 5 atom stereocenters. The van der Waals surface area contributed by atoms with Crippen LogP contribution in [-0.2, 0) is 19.2 Å². The van der Waals surface area contributed by atoms with Crippen LogP contribution in [0, 0.1) is 5.92 Å². The summed E-state index contributed by atoms with van der Waals surface area (Å²) in [6, 6.07) is -4.50. The van der Waals surface area contributed by atoms with Crippen molar-refractivity contribution in [2.24, 2.45) is 28.1 Å². The van der Waals surface area contributed by atoms with E-state index in [9.17, 15) is 29.4 Å². The number of aliphatic carboxylic acids is 1. The molecule has 3 amide bonds. The van der Waals surface area contributed by atoms with Crippen LogP contribution in [0.5, 0.6) is 0 Å². The second-order valence-corrected chi connectivity index (χ2v) is 8.04. The largest absolute Gasteiger partial charge is 0.480 e. The minimum absolute atomic E-state index is 0.0317. The van der Waals surface area contributed by atoms with Crippen LogP contribution >= 0.6 is 0 Å². The van der Waals surface area contributed by atoms with E-state index in [0.717, 1.165) is 0 Å². The molecular formula is C19H37N7O6. The van der Waals surface area contributed by atoms with Crippen molar-refractivity contribution in [3.05, 3.63) is 0 Å². The maximum Gasteiger partial charge on any atom is 0.326 e. The number of nitrogens with two attached hydrogens (primary N) is 3. The summed E-state index contributed by atoms with van der Waals surface area (Å²) in [5, 5.41) is 26.0. The monoisotopic (exact) mass is 459 g/mol. The maximum atomic E-state index is 12.7. The van der Waals surface area contributed by atoms with E-state index in [0.29, 0.717) is 6.42 Å². The molecule has 0 aromatic heterocycles. The van der Waals surface area contributed by atoms with Gasteiger partial charge in [-0.15, -0.1) is 0 Å². The zero-order valence-corrected chi connectivity index (χ0v) is 19.0. The van der Waals surface area contributed by atoms with Crippen LogP contribution in [0.25, 0.3) is 0 Å². The van der Waals surface area contributed by atoms with Gasteiger partial charge in [0.1, 0.15) is 24.2 Å². The number of amides is 3. The minimum atomic E-state index is -1.25. The number of carbonyl (C=O) groups is 4. The van der Waals surface area contributed by atoms with Crippen LogP contribution in [0.2, 0.25) is 0 Å². The Bertz CT molecular complexity index is 679. The van der Waals surface area contributed by atoms with Gasteiger partial charge in [-0.05, 0) is 39.0 Å². The first-order valence-corrected chi connectivity index (χ1v) is 10.4. The maximum absolute atomic E-state index is 12.7. The van der Waals surface area contributed by atoms with Gasteiger partial charge in [-0.1, -0.05) is 13.8 Å². The van der Waals surface area contributed by atoms with Crippen LogP contribution in [0.3, 0.4) is 0 Å². The molecule has 5 unspecified atom stereocenters. The van der Waals surface area contributed by atoms with Crippen molar-refractivity contribution in [2.75, 3.05) is 6.54 Å². The Morgan fingerprint density at radius 2 is 1.47 bits per heavy atom. The number of aliphatic hydroxyl groups excluding tert-OH is 1. The van der Waals surface area contributed by atoms with Crippen molar-refractivity contribution in [3.63, 3.8) is 0 Å². The first-order valence-electron chi connectivity index (χ1n) is 10.4. The number of guanidine groups is 1. The number of nitrogens with zero attached hydrogens (tertiary/aromatic N) is 1. The van der Waals surface area contributed by atoms with Gasteiger partial charge in [0.2, 0.25) is 17.7 Å². The highest BCUT2D eigenvalue weighted by Crippen LogP contribution is 2.06. The molecule has 0 aliphatic rings. The lowest BCUT2D eigenvalue weighted by molar-refractivity contribution is -0.142. The summed E-state index contributed by atoms with van der Waals surface area (Å²) in [5.74, 6) is -3.38. The van der Waals surface area contributed by atoms with Gasteiger partial charge < -0.3 is 43.4 Å². The third-order valence-electron chi connectivity index (χ3n) is 4.47. The van der Waals surface area contributed by atoms with Gasteiger partial charge in [-0.25, -0.2) is 4.79 Å². The Morgan fingerprint density at radius 3 is 1.94 bits per heavy atom. The zero-order valence-electron chi connectivity index (χ0n) is 19.0. The summed E-state index contributed by atoms with van der Waals surface area (Å²) in [7, 11) is 0. The molecule has 0 aliphatic heterocycles. The fourth-order valence-electron chi connectivity index (χ4n) is 2.63. The second kappa shape index (κ2) is 14.2. The van der Waals surface area contributed by atoms with Crippen LogP contribution in [0.4, 0.5) is 0 Å². The number of carboxylic acids is 1. The standard InChI is InChI=1S/C19H37N7O6/c1-9(2)8-13(18(31)32)26-15(28)10(3)24-16(29)12(6-5-7-23-19(21)22)25-17(30)14(20)11(4)27/h9-14,27H,5-8,20H2,1-4H3,(H,24,29)(H,25,30)(H,26,28)(H,31,32)(H4,21,22,23). The van der Waals surface area contributed by atoms with Crippen molar-refractivity contribution < 1.29 is 29.4 Å². The first kappa shape index (κ1) is 29.1. The SMILES string of the molecule is CC(C)CC(NC(=O)C(C)NC(=O)C(CCCN=C(N)N)NC(=O)C(N)C(C)O)C(=O)O. The summed E-state index contributed by atoms with van der Waals surface area (Å²) in [6.45, 7) is 6.57. The summed E-state index contributed by atoms with van der Waals surface area (Å²) in [5.41, 5.74) is 16.1. The van der Waals surface area contributed by atoms with Crippen molar-refractivity contribution in [1.29, 1.82) is 0 Å². The number of aliphatic imine (C=N–C) groups is 1. The fourth-order valence-corrected chi connectivity index (χ4v) is 2.63. The molecule has 0 spiro atoms. The lowest BCUT2D eigenvalue weighted by Gasteiger charge is -2.24. The van der Waals surface area contributed by atoms with Crippen LogP contribution in [0.15, 0.2) is 4.99 Å². The minimum Gasteiger partial charge on any atom is -0.480 e. The molecule has 0 radical (unpaired) electrons. The molecule has 0 rings (SSSR count). The van der Waals surface area contributed by atoms with Crippen LogP contribution in [0.1, 0.15) is 47.0 Å². The summed E-state index contributed by atoms with van der Waals surface area (Å²) in [4.78, 5) is 52.4. The quantitative estimate of drug-likeness (QED) is 0.0768. The highest BCUT2D eigenvalue weighted by atomic mass is 16.4. The summed E-state index contributed by atoms with van der Waals surface area (Å²) in [6.07, 6.45) is -0.460. The number of hydrogen-bond acceptors (Lipinski definition) is 7. The third-order valence-corrected chi connectivity index (χ3v) is 4.47. The Balaban J connectivity index is 5.17. The predicted molar refractivity (Wildman–Crippen MR) is 118 cm³/mol. The highest BCUT2D eigenvalue weighted by Gasteiger charge is 2.29. The average Bonchev–Trinajstić information content (AvgIpc) is 2.67. The summed E-state index contributed by atoms with van der Waals surface area (Å²) < 4.78 is 0. The van der Waals surface area contributed by atoms with E-state index in [-0.39, 0.29) is 31.3 Å². The molecule has 13 heteroatoms. The lowest BCUT2D eigenvalue weighted by atomic mass is 10.0. The van der Waals surface area contributed by atoms with Crippen LogP contribution < -0.4 is 33.2 Å². The zero-order chi connectivity index (χ0) is 25.0. The normalized spacial score (nSPS) is 15.6. The number of rotatable bonds is 14. The first-order chi connectivity index (χ1) is 14.8. The van der Waals surface area contributed by atoms with Gasteiger partial charge in [-0.3, -0.25) is 19.4 Å². The molecule has 0 fully saturated rings. The third kappa shape index (κ3) is 11.5. The number of hydrogen-bond donors (Lipinski definition) is 8. The van der Waals surface area contributed by atoms with Crippen molar-refractivity contribution in [3.8, 4) is 0 Å². The fraction of sp³-hybridized carbons (Fsp3) is 0.737.